The number of rotatable bonds is 8. The number of nitrogens with one attached hydrogen (secondary N) is 1. The smallest absolute Gasteiger partial charge is 0.327 e. The van der Waals surface area contributed by atoms with Gasteiger partial charge in [0, 0.05) is 13.7 Å². The Labute approximate surface area is 120 Å². The number of esters is 1. The standard InChI is InChI=1S/C15H23NO4/c1-11(2)20-13-7-5-12(6-8-13)14(15(17)19-4)16-9-10-18-3/h5-8,11,14,16H,9-10H2,1-4H3. The molecule has 0 aromatic heterocycles. The van der Waals surface area contributed by atoms with Crippen molar-refractivity contribution in [2.45, 2.75) is 26.0 Å². The van der Waals surface area contributed by atoms with Crippen molar-refractivity contribution in [2.24, 2.45) is 0 Å². The van der Waals surface area contributed by atoms with Crippen molar-refractivity contribution in [3.8, 4) is 5.75 Å². The SMILES string of the molecule is COCCNC(C(=O)OC)c1ccc(OC(C)C)cc1. The Kier molecular flexibility index (Phi) is 7.04. The Bertz CT molecular complexity index is 403. The Morgan fingerprint density at radius 2 is 1.85 bits per heavy atom. The van der Waals surface area contributed by atoms with E-state index in [-0.39, 0.29) is 12.1 Å². The van der Waals surface area contributed by atoms with Gasteiger partial charge < -0.3 is 14.2 Å². The lowest BCUT2D eigenvalue weighted by molar-refractivity contribution is -0.143. The molecular formula is C15H23NO4. The highest BCUT2D eigenvalue weighted by molar-refractivity contribution is 5.77. The first-order valence-electron chi connectivity index (χ1n) is 6.65. The minimum Gasteiger partial charge on any atom is -0.491 e. The van der Waals surface area contributed by atoms with E-state index in [1.54, 1.807) is 7.11 Å². The van der Waals surface area contributed by atoms with Gasteiger partial charge in [-0.25, -0.2) is 4.79 Å². The minimum absolute atomic E-state index is 0.122. The minimum atomic E-state index is -0.497. The molecule has 0 bridgehead atoms. The number of ether oxygens (including phenoxy) is 3. The summed E-state index contributed by atoms with van der Waals surface area (Å²) in [5.74, 6) is 0.461. The Hall–Kier alpha value is -1.59. The van der Waals surface area contributed by atoms with Crippen LogP contribution in [0, 0.1) is 0 Å². The van der Waals surface area contributed by atoms with Gasteiger partial charge in [-0.05, 0) is 31.5 Å². The van der Waals surface area contributed by atoms with Gasteiger partial charge in [0.25, 0.3) is 0 Å². The van der Waals surface area contributed by atoms with E-state index in [0.717, 1.165) is 11.3 Å². The van der Waals surface area contributed by atoms with Crippen LogP contribution in [0.5, 0.6) is 5.75 Å². The summed E-state index contributed by atoms with van der Waals surface area (Å²) in [5.41, 5.74) is 0.837. The Balaban J connectivity index is 2.76. The summed E-state index contributed by atoms with van der Waals surface area (Å²) < 4.78 is 15.4. The van der Waals surface area contributed by atoms with E-state index in [1.165, 1.54) is 7.11 Å². The third-order valence-corrected chi connectivity index (χ3v) is 2.68. The van der Waals surface area contributed by atoms with Gasteiger partial charge in [-0.1, -0.05) is 12.1 Å². The number of benzene rings is 1. The van der Waals surface area contributed by atoms with Crippen molar-refractivity contribution in [2.75, 3.05) is 27.4 Å². The van der Waals surface area contributed by atoms with Crippen molar-refractivity contribution in [1.29, 1.82) is 0 Å². The monoisotopic (exact) mass is 281 g/mol. The lowest BCUT2D eigenvalue weighted by Crippen LogP contribution is -2.32. The predicted molar refractivity (Wildman–Crippen MR) is 76.8 cm³/mol. The predicted octanol–water partition coefficient (Wildman–Crippen LogP) is 1.92. The molecule has 1 N–H and O–H groups in total. The molecule has 1 unspecified atom stereocenters. The molecule has 1 atom stereocenters. The van der Waals surface area contributed by atoms with Crippen LogP contribution in [0.15, 0.2) is 24.3 Å². The van der Waals surface area contributed by atoms with Crippen LogP contribution in [0.25, 0.3) is 0 Å². The van der Waals surface area contributed by atoms with Crippen LogP contribution < -0.4 is 10.1 Å². The molecule has 0 heterocycles. The largest absolute Gasteiger partial charge is 0.491 e. The zero-order valence-corrected chi connectivity index (χ0v) is 12.5. The first kappa shape index (κ1) is 16.5. The summed E-state index contributed by atoms with van der Waals surface area (Å²) in [6.07, 6.45) is 0.122. The molecule has 0 saturated heterocycles. The molecule has 112 valence electrons. The fourth-order valence-electron chi connectivity index (χ4n) is 1.77. The normalized spacial score (nSPS) is 12.2. The molecule has 0 spiro atoms. The molecule has 0 fully saturated rings. The second kappa shape index (κ2) is 8.55. The van der Waals surface area contributed by atoms with Gasteiger partial charge >= 0.3 is 5.97 Å². The highest BCUT2D eigenvalue weighted by atomic mass is 16.5. The third-order valence-electron chi connectivity index (χ3n) is 2.68. The maximum absolute atomic E-state index is 11.8. The second-order valence-electron chi connectivity index (χ2n) is 4.64. The van der Waals surface area contributed by atoms with Gasteiger partial charge in [0.2, 0.25) is 0 Å². The maximum atomic E-state index is 11.8. The van der Waals surface area contributed by atoms with E-state index in [1.807, 2.05) is 38.1 Å². The topological polar surface area (TPSA) is 56.8 Å². The summed E-state index contributed by atoms with van der Waals surface area (Å²) >= 11 is 0. The molecule has 0 radical (unpaired) electrons. The molecule has 0 saturated carbocycles. The highest BCUT2D eigenvalue weighted by Crippen LogP contribution is 2.19. The molecule has 0 amide bonds. The van der Waals surface area contributed by atoms with E-state index in [2.05, 4.69) is 5.32 Å². The third kappa shape index (κ3) is 5.19. The molecule has 1 aromatic carbocycles. The van der Waals surface area contributed by atoms with Crippen LogP contribution in [0.2, 0.25) is 0 Å². The van der Waals surface area contributed by atoms with Gasteiger partial charge in [0.1, 0.15) is 11.8 Å². The first-order chi connectivity index (χ1) is 9.58. The van der Waals surface area contributed by atoms with Crippen LogP contribution in [0.4, 0.5) is 0 Å². The number of methoxy groups -OCH3 is 2. The number of hydrogen-bond acceptors (Lipinski definition) is 5. The molecule has 5 heteroatoms. The molecule has 0 aliphatic rings. The van der Waals surface area contributed by atoms with Gasteiger partial charge in [0.15, 0.2) is 0 Å². The van der Waals surface area contributed by atoms with Gasteiger partial charge in [0.05, 0.1) is 19.8 Å². The highest BCUT2D eigenvalue weighted by Gasteiger charge is 2.20. The molecule has 0 aliphatic heterocycles. The number of carbonyl (C=O) groups excluding carboxylic acids is 1. The van der Waals surface area contributed by atoms with E-state index >= 15 is 0 Å². The molecule has 0 aliphatic carbocycles. The van der Waals surface area contributed by atoms with Crippen LogP contribution in [0.1, 0.15) is 25.5 Å². The number of hydrogen-bond donors (Lipinski definition) is 1. The van der Waals surface area contributed by atoms with Gasteiger partial charge in [-0.3, -0.25) is 5.32 Å². The van der Waals surface area contributed by atoms with Crippen LogP contribution in [-0.4, -0.2) is 39.4 Å². The van der Waals surface area contributed by atoms with E-state index in [9.17, 15) is 4.79 Å². The van der Waals surface area contributed by atoms with Crippen molar-refractivity contribution in [1.82, 2.24) is 5.32 Å². The summed E-state index contributed by atoms with van der Waals surface area (Å²) in [7, 11) is 3.00. The van der Waals surface area contributed by atoms with Crippen molar-refractivity contribution < 1.29 is 19.0 Å². The van der Waals surface area contributed by atoms with Crippen LogP contribution in [-0.2, 0) is 14.3 Å². The first-order valence-corrected chi connectivity index (χ1v) is 6.65. The fourth-order valence-corrected chi connectivity index (χ4v) is 1.77. The molecular weight excluding hydrogens is 258 g/mol. The molecule has 1 rings (SSSR count). The molecule has 20 heavy (non-hydrogen) atoms. The van der Waals surface area contributed by atoms with E-state index in [4.69, 9.17) is 14.2 Å². The molecule has 5 nitrogen and oxygen atoms in total. The van der Waals surface area contributed by atoms with Crippen molar-refractivity contribution in [3.05, 3.63) is 29.8 Å². The summed E-state index contributed by atoms with van der Waals surface area (Å²) in [6.45, 7) is 5.04. The van der Waals surface area contributed by atoms with Gasteiger partial charge in [-0.2, -0.15) is 0 Å². The van der Waals surface area contributed by atoms with E-state index < -0.39 is 6.04 Å². The summed E-state index contributed by atoms with van der Waals surface area (Å²) in [5, 5.41) is 3.11. The fraction of sp³-hybridized carbons (Fsp3) is 0.533. The van der Waals surface area contributed by atoms with Crippen molar-refractivity contribution in [3.63, 3.8) is 0 Å². The van der Waals surface area contributed by atoms with Gasteiger partial charge in [-0.15, -0.1) is 0 Å². The number of carbonyl (C=O) groups is 1. The molecule has 1 aromatic rings. The summed E-state index contributed by atoms with van der Waals surface area (Å²) in [6, 6.07) is 6.92. The van der Waals surface area contributed by atoms with Crippen molar-refractivity contribution >= 4 is 5.97 Å². The average Bonchev–Trinajstić information content (AvgIpc) is 2.43. The Morgan fingerprint density at radius 3 is 2.35 bits per heavy atom. The average molecular weight is 281 g/mol. The van der Waals surface area contributed by atoms with Crippen LogP contribution >= 0.6 is 0 Å². The maximum Gasteiger partial charge on any atom is 0.327 e. The zero-order valence-electron chi connectivity index (χ0n) is 12.5. The zero-order chi connectivity index (χ0) is 15.0. The lowest BCUT2D eigenvalue weighted by atomic mass is 10.1. The van der Waals surface area contributed by atoms with Crippen LogP contribution in [0.3, 0.4) is 0 Å². The summed E-state index contributed by atoms with van der Waals surface area (Å²) in [4.78, 5) is 11.8. The lowest BCUT2D eigenvalue weighted by Gasteiger charge is -2.17. The second-order valence-corrected chi connectivity index (χ2v) is 4.64. The van der Waals surface area contributed by atoms with E-state index in [0.29, 0.717) is 13.2 Å². The quantitative estimate of drug-likeness (QED) is 0.583. The Morgan fingerprint density at radius 1 is 1.20 bits per heavy atom.